The highest BCUT2D eigenvalue weighted by Gasteiger charge is 2.42. The fourth-order valence-corrected chi connectivity index (χ4v) is 5.72. The van der Waals surface area contributed by atoms with Crippen LogP contribution in [-0.2, 0) is 19.6 Å². The molecule has 1 fully saturated rings. The molecule has 1 aromatic carbocycles. The Morgan fingerprint density at radius 3 is 2.83 bits per heavy atom. The molecule has 0 aromatic heterocycles. The van der Waals surface area contributed by atoms with Gasteiger partial charge in [-0.15, -0.1) is 0 Å². The van der Waals surface area contributed by atoms with Crippen LogP contribution >= 0.6 is 11.8 Å². The highest BCUT2D eigenvalue weighted by atomic mass is 32.2. The Morgan fingerprint density at radius 1 is 1.50 bits per heavy atom. The van der Waals surface area contributed by atoms with Gasteiger partial charge in [0.25, 0.3) is 15.7 Å². The van der Waals surface area contributed by atoms with Gasteiger partial charge in [0.1, 0.15) is 6.04 Å². The summed E-state index contributed by atoms with van der Waals surface area (Å²) in [7, 11) is -4.20. The van der Waals surface area contributed by atoms with Crippen molar-refractivity contribution in [2.45, 2.75) is 24.8 Å². The van der Waals surface area contributed by atoms with E-state index in [4.69, 9.17) is 4.74 Å². The first-order chi connectivity index (χ1) is 11.3. The molecule has 1 heterocycles. The number of rotatable bonds is 5. The van der Waals surface area contributed by atoms with Gasteiger partial charge in [-0.25, -0.2) is 8.42 Å². The Morgan fingerprint density at radius 2 is 2.21 bits per heavy atom. The second-order valence-electron chi connectivity index (χ2n) is 5.14. The van der Waals surface area contributed by atoms with Crippen LogP contribution < -0.4 is 0 Å². The maximum Gasteiger partial charge on any atom is 0.325 e. The minimum Gasteiger partial charge on any atom is -0.465 e. The molecular formula is C14H18N2O6S2. The monoisotopic (exact) mass is 374 g/mol. The first-order valence-electron chi connectivity index (χ1n) is 7.31. The van der Waals surface area contributed by atoms with Gasteiger partial charge in [0.05, 0.1) is 11.5 Å². The van der Waals surface area contributed by atoms with Gasteiger partial charge in [-0.05, 0) is 19.4 Å². The predicted octanol–water partition coefficient (Wildman–Crippen LogP) is 1.57. The zero-order valence-electron chi connectivity index (χ0n) is 13.3. The molecule has 1 atom stereocenters. The van der Waals surface area contributed by atoms with Crippen LogP contribution in [0.4, 0.5) is 5.69 Å². The molecule has 0 saturated carbocycles. The van der Waals surface area contributed by atoms with Crippen molar-refractivity contribution in [3.05, 3.63) is 33.9 Å². The summed E-state index contributed by atoms with van der Waals surface area (Å²) in [6.45, 7) is 3.37. The number of benzene rings is 1. The maximum atomic E-state index is 13.1. The lowest BCUT2D eigenvalue weighted by molar-refractivity contribution is -0.387. The fraction of sp³-hybridized carbons (Fsp3) is 0.500. The second-order valence-corrected chi connectivity index (χ2v) is 8.12. The van der Waals surface area contributed by atoms with Crippen LogP contribution in [0, 0.1) is 17.0 Å². The Kier molecular flexibility index (Phi) is 5.83. The van der Waals surface area contributed by atoms with Crippen LogP contribution in [0.3, 0.4) is 0 Å². The third-order valence-electron chi connectivity index (χ3n) is 3.59. The van der Waals surface area contributed by atoms with Gasteiger partial charge < -0.3 is 4.74 Å². The summed E-state index contributed by atoms with van der Waals surface area (Å²) in [6.07, 6.45) is 0. The van der Waals surface area contributed by atoms with Crippen LogP contribution in [0.25, 0.3) is 0 Å². The molecule has 0 N–H and O–H groups in total. The lowest BCUT2D eigenvalue weighted by Crippen LogP contribution is -2.51. The van der Waals surface area contributed by atoms with Crippen LogP contribution in [-0.4, -0.2) is 54.3 Å². The van der Waals surface area contributed by atoms with E-state index in [2.05, 4.69) is 0 Å². The zero-order chi connectivity index (χ0) is 17.9. The van der Waals surface area contributed by atoms with Crippen LogP contribution in [0.15, 0.2) is 23.1 Å². The molecule has 0 unspecified atom stereocenters. The number of hydrogen-bond donors (Lipinski definition) is 0. The number of ether oxygens (including phenoxy) is 1. The number of carbonyl (C=O) groups is 1. The van der Waals surface area contributed by atoms with Crippen LogP contribution in [0.5, 0.6) is 0 Å². The van der Waals surface area contributed by atoms with E-state index in [-0.39, 0.29) is 29.4 Å². The molecule has 24 heavy (non-hydrogen) atoms. The minimum atomic E-state index is -4.20. The molecule has 1 aliphatic heterocycles. The van der Waals surface area contributed by atoms with E-state index in [9.17, 15) is 23.3 Å². The summed E-state index contributed by atoms with van der Waals surface area (Å²) in [4.78, 5) is 22.3. The summed E-state index contributed by atoms with van der Waals surface area (Å²) in [5.41, 5.74) is -0.221. The van der Waals surface area contributed by atoms with E-state index >= 15 is 0 Å². The zero-order valence-corrected chi connectivity index (χ0v) is 14.9. The van der Waals surface area contributed by atoms with Gasteiger partial charge in [-0.1, -0.05) is 12.1 Å². The van der Waals surface area contributed by atoms with Crippen molar-refractivity contribution in [3.63, 3.8) is 0 Å². The Hall–Kier alpha value is -1.65. The molecule has 132 valence electrons. The third-order valence-corrected chi connectivity index (χ3v) is 6.72. The molecule has 0 spiro atoms. The van der Waals surface area contributed by atoms with Crippen LogP contribution in [0.2, 0.25) is 0 Å². The topological polar surface area (TPSA) is 107 Å². The van der Waals surface area contributed by atoms with Crippen molar-refractivity contribution in [1.29, 1.82) is 0 Å². The lowest BCUT2D eigenvalue weighted by Gasteiger charge is -2.32. The summed E-state index contributed by atoms with van der Waals surface area (Å²) in [6, 6.07) is 3.10. The highest BCUT2D eigenvalue weighted by Crippen LogP contribution is 2.33. The Balaban J connectivity index is 2.53. The smallest absolute Gasteiger partial charge is 0.325 e. The molecule has 10 heteroatoms. The van der Waals surface area contributed by atoms with Crippen LogP contribution in [0.1, 0.15) is 12.5 Å². The van der Waals surface area contributed by atoms with Gasteiger partial charge in [-0.2, -0.15) is 16.1 Å². The van der Waals surface area contributed by atoms with E-state index in [1.807, 2.05) is 0 Å². The molecule has 8 nitrogen and oxygen atoms in total. The molecule has 1 saturated heterocycles. The lowest BCUT2D eigenvalue weighted by atomic mass is 10.2. The van der Waals surface area contributed by atoms with Crippen molar-refractivity contribution in [1.82, 2.24) is 4.31 Å². The number of carbonyl (C=O) groups excluding carboxylic acids is 1. The van der Waals surface area contributed by atoms with E-state index in [1.54, 1.807) is 6.92 Å². The van der Waals surface area contributed by atoms with Crippen molar-refractivity contribution >= 4 is 33.4 Å². The number of nitro groups is 1. The molecule has 2 rings (SSSR count). The maximum absolute atomic E-state index is 13.1. The molecular weight excluding hydrogens is 356 g/mol. The number of nitro benzene ring substituents is 1. The van der Waals surface area contributed by atoms with Crippen molar-refractivity contribution < 1.29 is 22.9 Å². The quantitative estimate of drug-likeness (QED) is 0.437. The molecule has 1 aliphatic rings. The third kappa shape index (κ3) is 3.55. The second kappa shape index (κ2) is 7.49. The first-order valence-corrected chi connectivity index (χ1v) is 9.90. The van der Waals surface area contributed by atoms with Crippen molar-refractivity contribution in [2.24, 2.45) is 0 Å². The molecule has 0 amide bonds. The molecule has 0 bridgehead atoms. The number of thioether (sulfide) groups is 1. The van der Waals surface area contributed by atoms with Gasteiger partial charge >= 0.3 is 5.97 Å². The fourth-order valence-electron chi connectivity index (χ4n) is 2.53. The summed E-state index contributed by atoms with van der Waals surface area (Å²) < 4.78 is 32.1. The SMILES string of the molecule is CCOC(=O)[C@@H]1CSCCN1S(=O)(=O)c1c(C)cccc1[N+](=O)[O-]. The Bertz CT molecular complexity index is 750. The van der Waals surface area contributed by atoms with Gasteiger partial charge in [0.15, 0.2) is 4.90 Å². The Labute approximate surface area is 144 Å². The van der Waals surface area contributed by atoms with Gasteiger partial charge in [0, 0.05) is 24.1 Å². The van der Waals surface area contributed by atoms with Crippen molar-refractivity contribution in [3.8, 4) is 0 Å². The van der Waals surface area contributed by atoms with E-state index in [1.165, 1.54) is 30.8 Å². The summed E-state index contributed by atoms with van der Waals surface area (Å²) >= 11 is 1.45. The summed E-state index contributed by atoms with van der Waals surface area (Å²) in [5.74, 6) is 0.136. The molecule has 0 aliphatic carbocycles. The molecule has 1 aromatic rings. The standard InChI is InChI=1S/C14H18N2O6S2/c1-3-22-14(17)12-9-23-8-7-15(12)24(20,21)13-10(2)5-4-6-11(13)16(18)19/h4-6,12H,3,7-9H2,1-2H3/t12-/m0/s1. The number of sulfonamides is 1. The average molecular weight is 374 g/mol. The predicted molar refractivity (Wildman–Crippen MR) is 89.5 cm³/mol. The number of nitrogens with zero attached hydrogens (tertiary/aromatic N) is 2. The largest absolute Gasteiger partial charge is 0.465 e. The van der Waals surface area contributed by atoms with Crippen molar-refractivity contribution in [2.75, 3.05) is 24.7 Å². The first kappa shape index (κ1) is 18.7. The van der Waals surface area contributed by atoms with E-state index in [0.717, 1.165) is 10.4 Å². The molecule has 0 radical (unpaired) electrons. The van der Waals surface area contributed by atoms with E-state index in [0.29, 0.717) is 5.75 Å². The highest BCUT2D eigenvalue weighted by molar-refractivity contribution is 7.99. The number of esters is 1. The number of aryl methyl sites for hydroxylation is 1. The minimum absolute atomic E-state index is 0.0992. The average Bonchev–Trinajstić information content (AvgIpc) is 2.54. The summed E-state index contributed by atoms with van der Waals surface area (Å²) in [5, 5.41) is 11.2. The number of hydrogen-bond acceptors (Lipinski definition) is 7. The van der Waals surface area contributed by atoms with E-state index < -0.39 is 32.6 Å². The normalized spacial score (nSPS) is 19.0. The van der Waals surface area contributed by atoms with Gasteiger partial charge in [-0.3, -0.25) is 14.9 Å². The van der Waals surface area contributed by atoms with Gasteiger partial charge in [0.2, 0.25) is 0 Å².